The minimum Gasteiger partial charge on any atom is -0.493 e. The van der Waals surface area contributed by atoms with Gasteiger partial charge in [0.15, 0.2) is 23.0 Å². The minimum atomic E-state index is -0.149. The van der Waals surface area contributed by atoms with Crippen molar-refractivity contribution >= 4 is 5.69 Å². The van der Waals surface area contributed by atoms with Crippen molar-refractivity contribution in [1.82, 2.24) is 9.80 Å². The van der Waals surface area contributed by atoms with E-state index < -0.39 is 0 Å². The Hall–Kier alpha value is -4.50. The number of fused-ring (bicyclic) bond motifs is 2. The summed E-state index contributed by atoms with van der Waals surface area (Å²) in [7, 11) is 7.69. The van der Waals surface area contributed by atoms with Crippen LogP contribution in [0.4, 0.5) is 5.69 Å². The third-order valence-electron chi connectivity index (χ3n) is 10.0. The van der Waals surface area contributed by atoms with Crippen LogP contribution < -0.4 is 24.3 Å². The van der Waals surface area contributed by atoms with E-state index in [9.17, 15) is 5.11 Å². The van der Waals surface area contributed by atoms with Gasteiger partial charge in [-0.05, 0) is 117 Å². The van der Waals surface area contributed by atoms with E-state index in [1.54, 1.807) is 14.2 Å². The Bertz CT molecular complexity index is 1850. The van der Waals surface area contributed by atoms with Crippen molar-refractivity contribution in [2.24, 2.45) is 0 Å². The molecule has 0 saturated carbocycles. The first kappa shape index (κ1) is 32.1. The first-order valence-electron chi connectivity index (χ1n) is 16.7. The van der Waals surface area contributed by atoms with Crippen LogP contribution in [-0.4, -0.2) is 56.3 Å². The summed E-state index contributed by atoms with van der Waals surface area (Å²) in [6.45, 7) is 7.70. The molecule has 0 aliphatic carbocycles. The molecule has 4 aliphatic heterocycles. The maximum Gasteiger partial charge on any atom is 0.174 e. The van der Waals surface area contributed by atoms with Gasteiger partial charge in [0, 0.05) is 53.8 Å². The molecule has 4 aromatic rings. The van der Waals surface area contributed by atoms with E-state index >= 15 is 0 Å². The Labute approximate surface area is 283 Å². The van der Waals surface area contributed by atoms with Crippen molar-refractivity contribution in [3.05, 3.63) is 112 Å². The van der Waals surface area contributed by atoms with E-state index in [1.165, 1.54) is 22.3 Å². The van der Waals surface area contributed by atoms with Crippen LogP contribution in [-0.2, 0) is 32.3 Å². The van der Waals surface area contributed by atoms with Crippen molar-refractivity contribution < 1.29 is 24.1 Å². The normalized spacial score (nSPS) is 18.9. The quantitative estimate of drug-likeness (QED) is 0.230. The van der Waals surface area contributed by atoms with Gasteiger partial charge in [-0.1, -0.05) is 18.7 Å². The molecule has 0 aromatic heterocycles. The zero-order valence-electron chi connectivity index (χ0n) is 28.6. The maximum absolute atomic E-state index is 10.5. The van der Waals surface area contributed by atoms with Gasteiger partial charge in [-0.25, -0.2) is 0 Å². The fourth-order valence-electron chi connectivity index (χ4n) is 7.60. The van der Waals surface area contributed by atoms with Gasteiger partial charge in [0.1, 0.15) is 11.5 Å². The largest absolute Gasteiger partial charge is 0.493 e. The van der Waals surface area contributed by atoms with Gasteiger partial charge < -0.3 is 29.4 Å². The molecule has 2 atom stereocenters. The number of rotatable bonds is 5. The monoisotopic (exact) mass is 647 g/mol. The molecule has 8 nitrogen and oxygen atoms in total. The van der Waals surface area contributed by atoms with E-state index in [0.29, 0.717) is 28.6 Å². The van der Waals surface area contributed by atoms with E-state index in [2.05, 4.69) is 78.3 Å². The van der Waals surface area contributed by atoms with Gasteiger partial charge in [-0.2, -0.15) is 0 Å². The zero-order chi connectivity index (χ0) is 33.5. The third kappa shape index (κ3) is 6.12. The first-order valence-corrected chi connectivity index (χ1v) is 16.7. The lowest BCUT2D eigenvalue weighted by atomic mass is 9.86. The van der Waals surface area contributed by atoms with Crippen molar-refractivity contribution in [3.63, 3.8) is 0 Å². The summed E-state index contributed by atoms with van der Waals surface area (Å²) >= 11 is 0. The average Bonchev–Trinajstić information content (AvgIpc) is 3.07. The molecule has 2 N–H and O–H groups in total. The molecule has 0 saturated heterocycles. The van der Waals surface area contributed by atoms with Crippen LogP contribution in [0.5, 0.6) is 34.5 Å². The van der Waals surface area contributed by atoms with Gasteiger partial charge in [-0.15, -0.1) is 0 Å². The summed E-state index contributed by atoms with van der Waals surface area (Å²) in [4.78, 5) is 4.79. The van der Waals surface area contributed by atoms with Gasteiger partial charge in [0.25, 0.3) is 0 Å². The summed E-state index contributed by atoms with van der Waals surface area (Å²) in [5.41, 5.74) is 9.55. The van der Waals surface area contributed by atoms with E-state index in [0.717, 1.165) is 72.8 Å². The van der Waals surface area contributed by atoms with Crippen LogP contribution in [0.1, 0.15) is 58.0 Å². The highest BCUT2D eigenvalue weighted by atomic mass is 16.5. The number of aliphatic hydroxyl groups is 1. The maximum atomic E-state index is 10.5. The van der Waals surface area contributed by atoms with E-state index in [4.69, 9.17) is 18.9 Å². The Kier molecular flexibility index (Phi) is 8.81. The molecule has 8 rings (SSSR count). The molecule has 6 bridgehead atoms. The highest BCUT2D eigenvalue weighted by Crippen LogP contribution is 2.50. The molecular formula is C40H45N3O5. The number of methoxy groups -OCH3 is 2. The number of ether oxygens (including phenoxy) is 4. The molecule has 48 heavy (non-hydrogen) atoms. The second kappa shape index (κ2) is 13.2. The highest BCUT2D eigenvalue weighted by Gasteiger charge is 2.34. The number of nitrogens with zero attached hydrogens (tertiary/aromatic N) is 2. The lowest BCUT2D eigenvalue weighted by Crippen LogP contribution is -2.34. The number of benzene rings is 4. The van der Waals surface area contributed by atoms with Crippen LogP contribution >= 0.6 is 0 Å². The van der Waals surface area contributed by atoms with E-state index in [-0.39, 0.29) is 18.7 Å². The zero-order valence-corrected chi connectivity index (χ0v) is 28.6. The molecule has 0 spiro atoms. The Morgan fingerprint density at radius 2 is 1.58 bits per heavy atom. The van der Waals surface area contributed by atoms with Gasteiger partial charge in [0.2, 0.25) is 0 Å². The highest BCUT2D eigenvalue weighted by molar-refractivity contribution is 5.62. The van der Waals surface area contributed by atoms with E-state index in [1.807, 2.05) is 25.1 Å². The summed E-state index contributed by atoms with van der Waals surface area (Å²) < 4.78 is 25.5. The lowest BCUT2D eigenvalue weighted by molar-refractivity contribution is 0.219. The first-order chi connectivity index (χ1) is 23.2. The molecule has 4 aliphatic rings. The van der Waals surface area contributed by atoms with Crippen molar-refractivity contribution in [2.45, 2.75) is 51.3 Å². The molecule has 0 fully saturated rings. The van der Waals surface area contributed by atoms with Crippen LogP contribution in [0.3, 0.4) is 0 Å². The number of nitrogens with one attached hydrogen (secondary N) is 1. The van der Waals surface area contributed by atoms with Gasteiger partial charge >= 0.3 is 0 Å². The molecule has 250 valence electrons. The molecule has 0 unspecified atom stereocenters. The molecule has 4 aromatic carbocycles. The predicted octanol–water partition coefficient (Wildman–Crippen LogP) is 7.58. The SMILES string of the molecule is C=C(C)Nc1cc2cc(c1)Oc1ccc(cc1)C[C@H]1c3c(cc(CO)c(OC)c3Oc3cc4c(cc3OC)CCN(C)[C@@H]4C2)CCN1C. The Morgan fingerprint density at radius 3 is 2.29 bits per heavy atom. The Balaban J connectivity index is 1.45. The second-order valence-corrected chi connectivity index (χ2v) is 13.4. The smallest absolute Gasteiger partial charge is 0.174 e. The number of likely N-dealkylation sites (N-methyl/N-ethyl adjacent to an activating group) is 2. The van der Waals surface area contributed by atoms with Gasteiger partial charge in [0.05, 0.1) is 20.8 Å². The summed E-state index contributed by atoms with van der Waals surface area (Å²) in [6, 6.07) is 21.2. The lowest BCUT2D eigenvalue weighted by Gasteiger charge is -2.37. The second-order valence-electron chi connectivity index (χ2n) is 13.4. The van der Waals surface area contributed by atoms with Crippen LogP contribution in [0.2, 0.25) is 0 Å². The molecule has 0 amide bonds. The minimum absolute atomic E-state index is 0.0194. The number of allylic oxidation sites excluding steroid dienone is 1. The van der Waals surface area contributed by atoms with Crippen molar-refractivity contribution in [3.8, 4) is 34.5 Å². The summed E-state index contributed by atoms with van der Waals surface area (Å²) in [6.07, 6.45) is 3.28. The number of anilines is 1. The van der Waals surface area contributed by atoms with Crippen LogP contribution in [0.15, 0.2) is 72.9 Å². The predicted molar refractivity (Wildman–Crippen MR) is 189 cm³/mol. The fraction of sp³-hybridized carbons (Fsp3) is 0.350. The summed E-state index contributed by atoms with van der Waals surface area (Å²) in [5, 5.41) is 13.9. The van der Waals surface area contributed by atoms with Crippen molar-refractivity contribution in [1.29, 1.82) is 0 Å². The van der Waals surface area contributed by atoms with Crippen LogP contribution in [0.25, 0.3) is 0 Å². The van der Waals surface area contributed by atoms with Crippen molar-refractivity contribution in [2.75, 3.05) is 46.7 Å². The molecule has 8 heteroatoms. The number of aliphatic hydroxyl groups excluding tert-OH is 1. The summed E-state index contributed by atoms with van der Waals surface area (Å²) in [5.74, 6) is 4.06. The van der Waals surface area contributed by atoms with Crippen LogP contribution in [0, 0.1) is 0 Å². The third-order valence-corrected chi connectivity index (χ3v) is 10.0. The molecule has 4 heterocycles. The fourth-order valence-corrected chi connectivity index (χ4v) is 7.60. The average molecular weight is 648 g/mol. The molecule has 0 radical (unpaired) electrons. The topological polar surface area (TPSA) is 75.7 Å². The van der Waals surface area contributed by atoms with Gasteiger partial charge in [-0.3, -0.25) is 9.80 Å². The standard InChI is InChI=1S/C40H45N3O5/c1-24(2)41-30-15-26-16-32(21-30)47-31-9-7-25(8-10-31)17-35-38-28(12-14-43(35)4)19-29(23-44)39(46-6)40(38)48-37-22-33-27(20-36(37)45-5)11-13-42(3)34(33)18-26/h7-10,15-16,19-22,34-35,41,44H,1,11-14,17-18,23H2,2-6H3/t34-,35+/m1/s1. The molecular weight excluding hydrogens is 602 g/mol. The number of hydrogen-bond acceptors (Lipinski definition) is 8. The Morgan fingerprint density at radius 1 is 0.854 bits per heavy atom. The number of hydrogen-bond donors (Lipinski definition) is 2.